The van der Waals surface area contributed by atoms with E-state index in [1.807, 2.05) is 11.9 Å². The monoisotopic (exact) mass is 302 g/mol. The predicted octanol–water partition coefficient (Wildman–Crippen LogP) is 2.09. The zero-order valence-corrected chi connectivity index (χ0v) is 12.3. The molecule has 0 radical (unpaired) electrons. The second kappa shape index (κ2) is 6.19. The van der Waals surface area contributed by atoms with E-state index in [1.165, 1.54) is 6.07 Å². The van der Waals surface area contributed by atoms with E-state index in [0.717, 1.165) is 32.0 Å². The highest BCUT2D eigenvalue weighted by molar-refractivity contribution is 5.48. The lowest BCUT2D eigenvalue weighted by Crippen LogP contribution is -2.45. The van der Waals surface area contributed by atoms with Crippen molar-refractivity contribution in [1.82, 2.24) is 9.88 Å². The van der Waals surface area contributed by atoms with Crippen LogP contribution in [0.3, 0.4) is 0 Å². The molecule has 2 heterocycles. The number of anilines is 1. The molecule has 1 saturated heterocycles. The van der Waals surface area contributed by atoms with Gasteiger partial charge in [-0.1, -0.05) is 6.07 Å². The quantitative estimate of drug-likeness (QED) is 0.928. The Bertz CT molecular complexity index is 490. The number of halogens is 3. The molecule has 0 aromatic carbocycles. The maximum atomic E-state index is 12.9. The Labute approximate surface area is 122 Å². The third-order valence-corrected chi connectivity index (χ3v) is 3.95. The van der Waals surface area contributed by atoms with Gasteiger partial charge in [-0.3, -0.25) is 0 Å². The molecule has 1 atom stereocenters. The Hall–Kier alpha value is -1.34. The van der Waals surface area contributed by atoms with Crippen LogP contribution in [0.15, 0.2) is 12.1 Å². The number of hydrogen-bond acceptors (Lipinski definition) is 4. The molecule has 0 aliphatic carbocycles. The first-order valence-corrected chi connectivity index (χ1v) is 7.01. The second-order valence-corrected chi connectivity index (χ2v) is 5.55. The largest absolute Gasteiger partial charge is 0.433 e. The molecular formula is C14H21F3N4. The van der Waals surface area contributed by atoms with Crippen molar-refractivity contribution in [1.29, 1.82) is 0 Å². The highest BCUT2D eigenvalue weighted by Crippen LogP contribution is 2.31. The lowest BCUT2D eigenvalue weighted by Gasteiger charge is -2.37. The first-order chi connectivity index (χ1) is 9.82. The fraction of sp³-hybridized carbons (Fsp3) is 0.643. The van der Waals surface area contributed by atoms with Gasteiger partial charge in [-0.05, 0) is 32.5 Å². The summed E-state index contributed by atoms with van der Waals surface area (Å²) >= 11 is 0. The van der Waals surface area contributed by atoms with Crippen molar-refractivity contribution in [3.8, 4) is 0 Å². The summed E-state index contributed by atoms with van der Waals surface area (Å²) in [7, 11) is 3.81. The lowest BCUT2D eigenvalue weighted by atomic mass is 10.0. The highest BCUT2D eigenvalue weighted by atomic mass is 19.4. The van der Waals surface area contributed by atoms with E-state index < -0.39 is 11.9 Å². The van der Waals surface area contributed by atoms with Gasteiger partial charge in [0.1, 0.15) is 11.5 Å². The zero-order chi connectivity index (χ0) is 15.6. The average molecular weight is 302 g/mol. The van der Waals surface area contributed by atoms with Gasteiger partial charge in [-0.2, -0.15) is 13.2 Å². The number of rotatable bonds is 3. The number of aromatic nitrogens is 1. The van der Waals surface area contributed by atoms with Gasteiger partial charge in [0.15, 0.2) is 0 Å². The average Bonchev–Trinajstić information content (AvgIpc) is 2.44. The van der Waals surface area contributed by atoms with Crippen LogP contribution < -0.4 is 10.6 Å². The van der Waals surface area contributed by atoms with Gasteiger partial charge in [0.2, 0.25) is 0 Å². The number of hydrogen-bond donors (Lipinski definition) is 1. The second-order valence-electron chi connectivity index (χ2n) is 5.55. The van der Waals surface area contributed by atoms with Crippen LogP contribution in [0.5, 0.6) is 0 Å². The summed E-state index contributed by atoms with van der Waals surface area (Å²) in [6, 6.07) is 2.57. The SMILES string of the molecule is CN1CCCC(N(C)c2nc(C(F)(F)F)ccc2CN)C1. The number of likely N-dealkylation sites (N-methyl/N-ethyl adjacent to an activating group) is 2. The molecule has 4 nitrogen and oxygen atoms in total. The molecule has 1 aliphatic heterocycles. The third kappa shape index (κ3) is 3.65. The minimum absolute atomic E-state index is 0.157. The Balaban J connectivity index is 2.31. The third-order valence-electron chi connectivity index (χ3n) is 3.95. The molecule has 0 saturated carbocycles. The summed E-state index contributed by atoms with van der Waals surface area (Å²) in [6.07, 6.45) is -2.46. The molecule has 7 heteroatoms. The molecule has 118 valence electrons. The number of alkyl halides is 3. The number of pyridine rings is 1. The molecular weight excluding hydrogens is 281 g/mol. The van der Waals surface area contributed by atoms with E-state index in [9.17, 15) is 13.2 Å². The van der Waals surface area contributed by atoms with Crippen LogP contribution in [0.1, 0.15) is 24.1 Å². The summed E-state index contributed by atoms with van der Waals surface area (Å²) < 4.78 is 38.6. The van der Waals surface area contributed by atoms with E-state index in [1.54, 1.807) is 7.05 Å². The number of likely N-dealkylation sites (tertiary alicyclic amines) is 1. The van der Waals surface area contributed by atoms with Gasteiger partial charge in [-0.25, -0.2) is 4.98 Å². The molecule has 1 aromatic heterocycles. The van der Waals surface area contributed by atoms with Gasteiger partial charge >= 0.3 is 6.18 Å². The van der Waals surface area contributed by atoms with Crippen molar-refractivity contribution < 1.29 is 13.2 Å². The first-order valence-electron chi connectivity index (χ1n) is 7.01. The Morgan fingerprint density at radius 2 is 2.14 bits per heavy atom. The van der Waals surface area contributed by atoms with Crippen LogP contribution in [-0.4, -0.2) is 43.1 Å². The summed E-state index contributed by atoms with van der Waals surface area (Å²) in [6.45, 7) is 2.01. The van der Waals surface area contributed by atoms with E-state index in [4.69, 9.17) is 5.73 Å². The van der Waals surface area contributed by atoms with Gasteiger partial charge in [-0.15, -0.1) is 0 Å². The van der Waals surface area contributed by atoms with Gasteiger partial charge in [0.05, 0.1) is 0 Å². The lowest BCUT2D eigenvalue weighted by molar-refractivity contribution is -0.141. The predicted molar refractivity (Wildman–Crippen MR) is 76.1 cm³/mol. The topological polar surface area (TPSA) is 45.4 Å². The molecule has 2 N–H and O–H groups in total. The Morgan fingerprint density at radius 3 is 2.71 bits per heavy atom. The van der Waals surface area contributed by atoms with E-state index in [2.05, 4.69) is 9.88 Å². The molecule has 0 amide bonds. The molecule has 0 spiro atoms. The van der Waals surface area contributed by atoms with E-state index in [-0.39, 0.29) is 12.6 Å². The summed E-state index contributed by atoms with van der Waals surface area (Å²) in [5.41, 5.74) is 5.41. The van der Waals surface area contributed by atoms with Crippen LogP contribution in [0.2, 0.25) is 0 Å². The number of piperidine rings is 1. The highest BCUT2D eigenvalue weighted by Gasteiger charge is 2.34. The van der Waals surface area contributed by atoms with Crippen molar-refractivity contribution in [2.24, 2.45) is 5.73 Å². The van der Waals surface area contributed by atoms with Gasteiger partial charge < -0.3 is 15.5 Å². The molecule has 0 bridgehead atoms. The molecule has 1 aromatic rings. The van der Waals surface area contributed by atoms with Crippen LogP contribution in [0, 0.1) is 0 Å². The summed E-state index contributed by atoms with van der Waals surface area (Å²) in [5, 5.41) is 0. The maximum Gasteiger partial charge on any atom is 0.433 e. The van der Waals surface area contributed by atoms with Crippen molar-refractivity contribution >= 4 is 5.82 Å². The van der Waals surface area contributed by atoms with Crippen molar-refractivity contribution in [3.63, 3.8) is 0 Å². The summed E-state index contributed by atoms with van der Waals surface area (Å²) in [5.74, 6) is 0.340. The van der Waals surface area contributed by atoms with Gasteiger partial charge in [0.25, 0.3) is 0 Å². The Kier molecular flexibility index (Phi) is 4.73. The van der Waals surface area contributed by atoms with E-state index >= 15 is 0 Å². The zero-order valence-electron chi connectivity index (χ0n) is 12.3. The molecule has 2 rings (SSSR count). The summed E-state index contributed by atoms with van der Waals surface area (Å²) in [4.78, 5) is 7.84. The fourth-order valence-corrected chi connectivity index (χ4v) is 2.73. The van der Waals surface area contributed by atoms with Crippen LogP contribution in [0.4, 0.5) is 19.0 Å². The van der Waals surface area contributed by atoms with Crippen molar-refractivity contribution in [3.05, 3.63) is 23.4 Å². The smallest absolute Gasteiger partial charge is 0.355 e. The first kappa shape index (κ1) is 16.0. The molecule has 21 heavy (non-hydrogen) atoms. The van der Waals surface area contributed by atoms with E-state index in [0.29, 0.717) is 11.4 Å². The van der Waals surface area contributed by atoms with Crippen LogP contribution in [-0.2, 0) is 12.7 Å². The molecule has 1 fully saturated rings. The Morgan fingerprint density at radius 1 is 1.43 bits per heavy atom. The molecule has 1 unspecified atom stereocenters. The number of nitrogens with zero attached hydrogens (tertiary/aromatic N) is 3. The molecule has 1 aliphatic rings. The van der Waals surface area contributed by atoms with Crippen LogP contribution >= 0.6 is 0 Å². The maximum absolute atomic E-state index is 12.9. The fourth-order valence-electron chi connectivity index (χ4n) is 2.73. The standard InChI is InChI=1S/C14H21F3N4/c1-20-7-3-4-11(9-20)21(2)13-10(8-18)5-6-12(19-13)14(15,16)17/h5-6,11H,3-4,7-9,18H2,1-2H3. The van der Waals surface area contributed by atoms with Gasteiger partial charge in [0, 0.05) is 31.7 Å². The minimum atomic E-state index is -4.44. The van der Waals surface area contributed by atoms with Crippen molar-refractivity contribution in [2.45, 2.75) is 31.6 Å². The minimum Gasteiger partial charge on any atom is -0.355 e. The van der Waals surface area contributed by atoms with Crippen molar-refractivity contribution in [2.75, 3.05) is 32.1 Å². The number of nitrogens with two attached hydrogens (primary N) is 1. The normalized spacial score (nSPS) is 20.6. The van der Waals surface area contributed by atoms with Crippen LogP contribution in [0.25, 0.3) is 0 Å².